The van der Waals surface area contributed by atoms with Crippen molar-refractivity contribution in [3.63, 3.8) is 0 Å². The zero-order valence-corrected chi connectivity index (χ0v) is 13.6. The average molecular weight is 340 g/mol. The van der Waals surface area contributed by atoms with Crippen molar-refractivity contribution in [1.82, 2.24) is 0 Å². The van der Waals surface area contributed by atoms with Crippen LogP contribution in [0.15, 0.2) is 34.1 Å². The van der Waals surface area contributed by atoms with E-state index in [-0.39, 0.29) is 4.90 Å². The number of hydrogen-bond acceptors (Lipinski definition) is 6. The highest BCUT2D eigenvalue weighted by molar-refractivity contribution is 7.94. The van der Waals surface area contributed by atoms with E-state index in [4.69, 9.17) is 16.7 Å². The largest absolute Gasteiger partial charge is 0.398 e. The van der Waals surface area contributed by atoms with Gasteiger partial charge in [-0.05, 0) is 54.8 Å². The smallest absolute Gasteiger partial charge is 0.187 e. The van der Waals surface area contributed by atoms with E-state index in [0.29, 0.717) is 39.4 Å². The number of hydrogen-bond donors (Lipinski definition) is 4. The summed E-state index contributed by atoms with van der Waals surface area (Å²) in [7, 11) is 0. The fourth-order valence-corrected chi connectivity index (χ4v) is 3.18. The summed E-state index contributed by atoms with van der Waals surface area (Å²) in [6.07, 6.45) is 0. The van der Waals surface area contributed by atoms with Gasteiger partial charge >= 0.3 is 0 Å². The summed E-state index contributed by atoms with van der Waals surface area (Å²) in [5.41, 5.74) is 15.4. The quantitative estimate of drug-likeness (QED) is 0.222. The van der Waals surface area contributed by atoms with Crippen LogP contribution in [-0.4, -0.2) is 14.0 Å². The second kappa shape index (κ2) is 6.67. The third-order valence-electron chi connectivity index (χ3n) is 3.34. The van der Waals surface area contributed by atoms with Crippen LogP contribution in [0.3, 0.4) is 0 Å². The summed E-state index contributed by atoms with van der Waals surface area (Å²) < 4.78 is 25.3. The van der Waals surface area contributed by atoms with Crippen molar-refractivity contribution in [3.8, 4) is 11.1 Å². The summed E-state index contributed by atoms with van der Waals surface area (Å²) in [5, 5.41) is 8.72. The lowest BCUT2D eigenvalue weighted by Gasteiger charge is -2.15. The molecule has 0 radical (unpaired) electrons. The molecule has 2 rings (SSSR count). The lowest BCUT2D eigenvalue weighted by Crippen LogP contribution is -2.00. The van der Waals surface area contributed by atoms with Crippen molar-refractivity contribution in [2.75, 3.05) is 11.5 Å². The topological polar surface area (TPSA) is 119 Å². The Bertz CT molecular complexity index is 750. The van der Waals surface area contributed by atoms with E-state index in [1.807, 2.05) is 13.8 Å². The second-order valence-corrected chi connectivity index (χ2v) is 6.51. The molecule has 118 valence electrons. The second-order valence-electron chi connectivity index (χ2n) is 4.82. The molecule has 1 atom stereocenters. The lowest BCUT2D eigenvalue weighted by molar-refractivity contribution is -0.116. The van der Waals surface area contributed by atoms with Gasteiger partial charge in [-0.3, -0.25) is 0 Å². The molecule has 8 heteroatoms. The molecule has 2 aromatic rings. The van der Waals surface area contributed by atoms with Gasteiger partial charge in [0.05, 0.1) is 16.9 Å². The SMILES string of the molecule is Cc1cc(-c2cc(C)c(N)cc2S(=O)O)c(SOO)cc1N. The van der Waals surface area contributed by atoms with Crippen molar-refractivity contribution in [2.24, 2.45) is 0 Å². The number of anilines is 2. The van der Waals surface area contributed by atoms with E-state index in [0.717, 1.165) is 11.1 Å². The molecule has 0 bridgehead atoms. The summed E-state index contributed by atoms with van der Waals surface area (Å²) >= 11 is -1.49. The van der Waals surface area contributed by atoms with E-state index in [2.05, 4.69) is 4.33 Å². The molecule has 0 heterocycles. The molecule has 0 aromatic heterocycles. The monoisotopic (exact) mass is 340 g/mol. The predicted octanol–water partition coefficient (Wildman–Crippen LogP) is 3.21. The molecule has 6 nitrogen and oxygen atoms in total. The first-order chi connectivity index (χ1) is 10.3. The Morgan fingerprint density at radius 1 is 1.05 bits per heavy atom. The maximum absolute atomic E-state index is 11.6. The number of nitrogens with two attached hydrogens (primary N) is 2. The molecule has 0 fully saturated rings. The Hall–Kier alpha value is -1.58. The molecule has 1 unspecified atom stereocenters. The first-order valence-corrected chi connectivity index (χ1v) is 8.09. The lowest BCUT2D eigenvalue weighted by atomic mass is 10.00. The third-order valence-corrected chi connectivity index (χ3v) is 4.65. The predicted molar refractivity (Wildman–Crippen MR) is 88.8 cm³/mol. The van der Waals surface area contributed by atoms with E-state index in [1.165, 1.54) is 6.07 Å². The molecule has 22 heavy (non-hydrogen) atoms. The highest BCUT2D eigenvalue weighted by atomic mass is 32.2. The Morgan fingerprint density at radius 2 is 1.59 bits per heavy atom. The minimum absolute atomic E-state index is 0.187. The maximum Gasteiger partial charge on any atom is 0.187 e. The Balaban J connectivity index is 2.78. The van der Waals surface area contributed by atoms with Gasteiger partial charge in [0.1, 0.15) is 0 Å². The van der Waals surface area contributed by atoms with Gasteiger partial charge < -0.3 is 16.0 Å². The fourth-order valence-electron chi connectivity index (χ4n) is 2.08. The number of nitrogen functional groups attached to an aromatic ring is 2. The number of benzene rings is 2. The Morgan fingerprint density at radius 3 is 2.14 bits per heavy atom. The van der Waals surface area contributed by atoms with Crippen LogP contribution in [-0.2, 0) is 15.4 Å². The molecule has 2 aromatic carbocycles. The van der Waals surface area contributed by atoms with Crippen molar-refractivity contribution in [2.45, 2.75) is 23.6 Å². The summed E-state index contributed by atoms with van der Waals surface area (Å²) in [6.45, 7) is 3.63. The molecular weight excluding hydrogens is 324 g/mol. The molecule has 0 amide bonds. The Labute approximate surface area is 134 Å². The van der Waals surface area contributed by atoms with Crippen molar-refractivity contribution >= 4 is 34.5 Å². The van der Waals surface area contributed by atoms with Crippen LogP contribution < -0.4 is 11.5 Å². The van der Waals surface area contributed by atoms with Crippen LogP contribution in [0.25, 0.3) is 11.1 Å². The first kappa shape index (κ1) is 16.8. The number of rotatable bonds is 4. The van der Waals surface area contributed by atoms with Gasteiger partial charge in [0.2, 0.25) is 0 Å². The van der Waals surface area contributed by atoms with Gasteiger partial charge in [0, 0.05) is 21.8 Å². The molecule has 0 saturated heterocycles. The summed E-state index contributed by atoms with van der Waals surface area (Å²) in [5.74, 6) is 0. The molecule has 6 N–H and O–H groups in total. The van der Waals surface area contributed by atoms with Crippen LogP contribution in [0.2, 0.25) is 0 Å². The number of aryl methyl sites for hydroxylation is 2. The van der Waals surface area contributed by atoms with Crippen LogP contribution in [0.4, 0.5) is 11.4 Å². The van der Waals surface area contributed by atoms with Gasteiger partial charge in [-0.2, -0.15) is 4.33 Å². The molecular formula is C14H16N2O4S2. The van der Waals surface area contributed by atoms with Crippen molar-refractivity contribution in [3.05, 3.63) is 35.4 Å². The van der Waals surface area contributed by atoms with Crippen LogP contribution >= 0.6 is 12.0 Å². The van der Waals surface area contributed by atoms with E-state index in [9.17, 15) is 8.76 Å². The minimum Gasteiger partial charge on any atom is -0.398 e. The van der Waals surface area contributed by atoms with Gasteiger partial charge in [-0.25, -0.2) is 9.47 Å². The Kier molecular flexibility index (Phi) is 5.09. The van der Waals surface area contributed by atoms with E-state index < -0.39 is 11.1 Å². The van der Waals surface area contributed by atoms with Crippen molar-refractivity contribution in [1.29, 1.82) is 0 Å². The molecule has 0 aliphatic carbocycles. The zero-order chi connectivity index (χ0) is 16.4. The molecule has 0 saturated carbocycles. The minimum atomic E-state index is -2.21. The highest BCUT2D eigenvalue weighted by Crippen LogP contribution is 2.38. The van der Waals surface area contributed by atoms with Crippen LogP contribution in [0.1, 0.15) is 11.1 Å². The third kappa shape index (κ3) is 3.26. The molecule has 0 aliphatic rings. The van der Waals surface area contributed by atoms with Gasteiger partial charge in [0.15, 0.2) is 11.1 Å². The van der Waals surface area contributed by atoms with E-state index in [1.54, 1.807) is 18.2 Å². The molecule has 0 aliphatic heterocycles. The summed E-state index contributed by atoms with van der Waals surface area (Å²) in [4.78, 5) is 0.716. The van der Waals surface area contributed by atoms with Crippen LogP contribution in [0, 0.1) is 13.8 Å². The normalized spacial score (nSPS) is 12.4. The average Bonchev–Trinajstić information content (AvgIpc) is 2.45. The van der Waals surface area contributed by atoms with Gasteiger partial charge in [-0.1, -0.05) is 0 Å². The fraction of sp³-hybridized carbons (Fsp3) is 0.143. The van der Waals surface area contributed by atoms with Gasteiger partial charge in [0.25, 0.3) is 0 Å². The van der Waals surface area contributed by atoms with Crippen LogP contribution in [0.5, 0.6) is 0 Å². The van der Waals surface area contributed by atoms with Crippen molar-refractivity contribution < 1.29 is 18.4 Å². The molecule has 0 spiro atoms. The first-order valence-electron chi connectivity index (χ1n) is 6.24. The highest BCUT2D eigenvalue weighted by Gasteiger charge is 2.17. The summed E-state index contributed by atoms with van der Waals surface area (Å²) in [6, 6.07) is 6.62. The zero-order valence-electron chi connectivity index (χ0n) is 12.0. The van der Waals surface area contributed by atoms with Gasteiger partial charge in [-0.15, -0.1) is 0 Å². The van der Waals surface area contributed by atoms with E-state index >= 15 is 0 Å². The maximum atomic E-state index is 11.6. The standard InChI is InChI=1S/C14H16N2O4S2/c1-7-3-9(13(21-20-17)5-11(7)15)10-4-8(2)12(16)6-14(10)22(18)19/h3-6,17H,15-16H2,1-2H3,(H,18,19).